The zero-order valence-corrected chi connectivity index (χ0v) is 12.6. The van der Waals surface area contributed by atoms with Crippen molar-refractivity contribution in [2.75, 3.05) is 29.9 Å². The van der Waals surface area contributed by atoms with E-state index in [-0.39, 0.29) is 0 Å². The van der Waals surface area contributed by atoms with E-state index in [0.29, 0.717) is 12.1 Å². The first-order valence-corrected chi connectivity index (χ1v) is 8.46. The molecule has 3 heterocycles. The number of rotatable bonds is 3. The number of aromatic nitrogens is 2. The molecular weight excluding hydrogens is 262 g/mol. The van der Waals surface area contributed by atoms with Gasteiger partial charge in [-0.25, -0.2) is 4.98 Å². The third-order valence-electron chi connectivity index (χ3n) is 5.27. The van der Waals surface area contributed by atoms with Crippen molar-refractivity contribution in [3.8, 4) is 0 Å². The Labute approximate surface area is 126 Å². The van der Waals surface area contributed by atoms with Gasteiger partial charge >= 0.3 is 0 Å². The molecule has 0 aromatic carbocycles. The van der Waals surface area contributed by atoms with Crippen LogP contribution < -0.4 is 15.5 Å². The van der Waals surface area contributed by atoms with Crippen LogP contribution >= 0.6 is 0 Å². The molecule has 0 amide bonds. The molecule has 5 nitrogen and oxygen atoms in total. The minimum Gasteiger partial charge on any atom is -0.355 e. The highest BCUT2D eigenvalue weighted by Gasteiger charge is 2.36. The summed E-state index contributed by atoms with van der Waals surface area (Å²) in [5.74, 6) is 2.69. The smallest absolute Gasteiger partial charge is 0.224 e. The Hall–Kier alpha value is -1.36. The molecule has 114 valence electrons. The lowest BCUT2D eigenvalue weighted by atomic mass is 9.96. The predicted molar refractivity (Wildman–Crippen MR) is 84.6 cm³/mol. The summed E-state index contributed by atoms with van der Waals surface area (Å²) in [6.07, 6.45) is 9.75. The van der Waals surface area contributed by atoms with Gasteiger partial charge in [-0.05, 0) is 37.8 Å². The Kier molecular flexibility index (Phi) is 3.67. The fourth-order valence-electron chi connectivity index (χ4n) is 4.06. The van der Waals surface area contributed by atoms with Gasteiger partial charge in [0.25, 0.3) is 0 Å². The van der Waals surface area contributed by atoms with Crippen molar-refractivity contribution in [2.24, 2.45) is 5.92 Å². The molecule has 1 aliphatic carbocycles. The van der Waals surface area contributed by atoms with Gasteiger partial charge < -0.3 is 15.5 Å². The lowest BCUT2D eigenvalue weighted by molar-refractivity contribution is 0.461. The number of fused-ring (bicyclic) bond motifs is 1. The van der Waals surface area contributed by atoms with Gasteiger partial charge in [0, 0.05) is 31.4 Å². The van der Waals surface area contributed by atoms with Gasteiger partial charge in [0.15, 0.2) is 0 Å². The molecule has 2 atom stereocenters. The summed E-state index contributed by atoms with van der Waals surface area (Å²) in [4.78, 5) is 11.6. The average Bonchev–Trinajstić information content (AvgIpc) is 3.10. The zero-order chi connectivity index (χ0) is 14.1. The lowest BCUT2D eigenvalue weighted by Crippen LogP contribution is -2.30. The van der Waals surface area contributed by atoms with Gasteiger partial charge in [0.2, 0.25) is 5.95 Å². The molecule has 1 aromatic heterocycles. The number of anilines is 2. The maximum Gasteiger partial charge on any atom is 0.224 e. The molecule has 0 radical (unpaired) electrons. The van der Waals surface area contributed by atoms with Gasteiger partial charge in [-0.3, -0.25) is 0 Å². The van der Waals surface area contributed by atoms with E-state index in [9.17, 15) is 0 Å². The molecule has 3 fully saturated rings. The van der Waals surface area contributed by atoms with E-state index in [4.69, 9.17) is 4.98 Å². The number of nitrogens with one attached hydrogen (secondary N) is 2. The van der Waals surface area contributed by atoms with Crippen molar-refractivity contribution in [3.63, 3.8) is 0 Å². The van der Waals surface area contributed by atoms with E-state index in [2.05, 4.69) is 20.5 Å². The highest BCUT2D eigenvalue weighted by atomic mass is 15.3. The number of hydrogen-bond donors (Lipinski definition) is 2. The van der Waals surface area contributed by atoms with E-state index < -0.39 is 0 Å². The largest absolute Gasteiger partial charge is 0.355 e. The van der Waals surface area contributed by atoms with Crippen LogP contribution in [0.4, 0.5) is 11.8 Å². The summed E-state index contributed by atoms with van der Waals surface area (Å²) in [6, 6.07) is 3.27. The van der Waals surface area contributed by atoms with Crippen LogP contribution in [0.15, 0.2) is 12.3 Å². The quantitative estimate of drug-likeness (QED) is 0.891. The van der Waals surface area contributed by atoms with Crippen molar-refractivity contribution < 1.29 is 0 Å². The molecule has 0 bridgehead atoms. The molecule has 2 aliphatic heterocycles. The van der Waals surface area contributed by atoms with Crippen molar-refractivity contribution >= 4 is 11.8 Å². The van der Waals surface area contributed by atoms with E-state index in [1.807, 2.05) is 12.3 Å². The van der Waals surface area contributed by atoms with Gasteiger partial charge in [0.1, 0.15) is 5.82 Å². The summed E-state index contributed by atoms with van der Waals surface area (Å²) in [7, 11) is 0. The first-order chi connectivity index (χ1) is 10.4. The van der Waals surface area contributed by atoms with E-state index in [1.165, 1.54) is 45.1 Å². The van der Waals surface area contributed by atoms with Gasteiger partial charge in [-0.1, -0.05) is 19.3 Å². The van der Waals surface area contributed by atoms with Crippen LogP contribution in [-0.4, -0.2) is 41.7 Å². The highest BCUT2D eigenvalue weighted by Crippen LogP contribution is 2.28. The van der Waals surface area contributed by atoms with Crippen LogP contribution in [0.25, 0.3) is 0 Å². The molecule has 2 saturated heterocycles. The Morgan fingerprint density at radius 2 is 2.05 bits per heavy atom. The number of hydrogen-bond acceptors (Lipinski definition) is 5. The molecule has 1 saturated carbocycles. The maximum atomic E-state index is 4.75. The Bertz CT molecular complexity index is 473. The van der Waals surface area contributed by atoms with Crippen LogP contribution in [-0.2, 0) is 0 Å². The first kappa shape index (κ1) is 13.3. The SMILES string of the molecule is c1cc(N2C[C@H]3CCN[C@H]3C2)nc(NC2CCCCC2)n1. The average molecular weight is 287 g/mol. The molecule has 3 aliphatic rings. The third kappa shape index (κ3) is 2.84. The topological polar surface area (TPSA) is 53.1 Å². The summed E-state index contributed by atoms with van der Waals surface area (Å²) < 4.78 is 0. The van der Waals surface area contributed by atoms with E-state index >= 15 is 0 Å². The monoisotopic (exact) mass is 287 g/mol. The van der Waals surface area contributed by atoms with Crippen molar-refractivity contribution in [3.05, 3.63) is 12.3 Å². The van der Waals surface area contributed by atoms with Crippen molar-refractivity contribution in [2.45, 2.75) is 50.6 Å². The fourth-order valence-corrected chi connectivity index (χ4v) is 4.06. The summed E-state index contributed by atoms with van der Waals surface area (Å²) in [6.45, 7) is 3.41. The second-order valence-corrected chi connectivity index (χ2v) is 6.73. The van der Waals surface area contributed by atoms with Crippen LogP contribution in [0.3, 0.4) is 0 Å². The summed E-state index contributed by atoms with van der Waals surface area (Å²) >= 11 is 0. The zero-order valence-electron chi connectivity index (χ0n) is 12.6. The van der Waals surface area contributed by atoms with Crippen LogP contribution in [0, 0.1) is 5.92 Å². The van der Waals surface area contributed by atoms with E-state index in [1.54, 1.807) is 0 Å². The molecule has 4 rings (SSSR count). The molecule has 1 aromatic rings. The Balaban J connectivity index is 1.43. The fraction of sp³-hybridized carbons (Fsp3) is 0.750. The molecule has 0 spiro atoms. The maximum absolute atomic E-state index is 4.75. The van der Waals surface area contributed by atoms with Gasteiger partial charge in [-0.2, -0.15) is 4.98 Å². The summed E-state index contributed by atoms with van der Waals surface area (Å²) in [5.41, 5.74) is 0. The Morgan fingerprint density at radius 1 is 1.14 bits per heavy atom. The first-order valence-electron chi connectivity index (χ1n) is 8.46. The predicted octanol–water partition coefficient (Wildman–Crippen LogP) is 2.02. The second kappa shape index (κ2) is 5.79. The normalized spacial score (nSPS) is 29.6. The number of nitrogens with zero attached hydrogens (tertiary/aromatic N) is 3. The summed E-state index contributed by atoms with van der Waals surface area (Å²) in [5, 5.41) is 7.13. The van der Waals surface area contributed by atoms with Crippen molar-refractivity contribution in [1.82, 2.24) is 15.3 Å². The lowest BCUT2D eigenvalue weighted by Gasteiger charge is -2.24. The van der Waals surface area contributed by atoms with Crippen LogP contribution in [0.2, 0.25) is 0 Å². The molecule has 0 unspecified atom stereocenters. The van der Waals surface area contributed by atoms with Crippen LogP contribution in [0.1, 0.15) is 38.5 Å². The van der Waals surface area contributed by atoms with Gasteiger partial charge in [0.05, 0.1) is 0 Å². The molecule has 5 heteroatoms. The molecule has 21 heavy (non-hydrogen) atoms. The minimum absolute atomic E-state index is 0.564. The minimum atomic E-state index is 0.564. The molecule has 2 N–H and O–H groups in total. The molecular formula is C16H25N5. The third-order valence-corrected chi connectivity index (χ3v) is 5.27. The Morgan fingerprint density at radius 3 is 2.90 bits per heavy atom. The highest BCUT2D eigenvalue weighted by molar-refractivity contribution is 5.44. The van der Waals surface area contributed by atoms with Crippen LogP contribution in [0.5, 0.6) is 0 Å². The standard InChI is InChI=1S/C16H25N5/c1-2-4-13(5-3-1)19-16-18-9-7-15(20-16)21-10-12-6-8-17-14(12)11-21/h7,9,12-14,17H,1-6,8,10-11H2,(H,18,19,20)/t12-,14+/m1/s1. The second-order valence-electron chi connectivity index (χ2n) is 6.73. The van der Waals surface area contributed by atoms with E-state index in [0.717, 1.165) is 30.8 Å². The van der Waals surface area contributed by atoms with Gasteiger partial charge in [-0.15, -0.1) is 0 Å². The van der Waals surface area contributed by atoms with Crippen molar-refractivity contribution in [1.29, 1.82) is 0 Å².